The maximum atomic E-state index is 5.67. The van der Waals surface area contributed by atoms with Crippen LogP contribution in [0.5, 0.6) is 0 Å². The molecular weight excluding hydrogens is 296 g/mol. The Balaban J connectivity index is 3.99. The smallest absolute Gasteiger partial charge is 0.263 e. The Morgan fingerprint density at radius 1 is 0.542 bits per heavy atom. The molecule has 0 radical (unpaired) electrons. The molecule has 0 rings (SSSR count). The van der Waals surface area contributed by atoms with Crippen LogP contribution in [-0.2, 0) is 0 Å². The first-order valence-corrected chi connectivity index (χ1v) is 10.2. The lowest BCUT2D eigenvalue weighted by atomic mass is 9.88. The molecule has 0 aromatic carbocycles. The van der Waals surface area contributed by atoms with E-state index in [1.54, 1.807) is 0 Å². The van der Waals surface area contributed by atoms with E-state index in [4.69, 9.17) is 23.8 Å². The van der Waals surface area contributed by atoms with Gasteiger partial charge in [-0.2, -0.15) is 0 Å². The van der Waals surface area contributed by atoms with Crippen LogP contribution in [-0.4, -0.2) is 26.2 Å². The van der Waals surface area contributed by atoms with Gasteiger partial charge < -0.3 is 17.2 Å². The van der Waals surface area contributed by atoms with E-state index in [1.807, 2.05) is 0 Å². The summed E-state index contributed by atoms with van der Waals surface area (Å²) in [7, 11) is 0. The van der Waals surface area contributed by atoms with E-state index in [0.29, 0.717) is 0 Å². The van der Waals surface area contributed by atoms with Crippen LogP contribution in [0.2, 0.25) is 0 Å². The Morgan fingerprint density at radius 2 is 0.917 bits per heavy atom. The van der Waals surface area contributed by atoms with Crippen molar-refractivity contribution in [3.8, 4) is 6.57 Å². The predicted molar refractivity (Wildman–Crippen MR) is 107 cm³/mol. The lowest BCUT2D eigenvalue weighted by Crippen LogP contribution is -2.09. The van der Waals surface area contributed by atoms with Crippen molar-refractivity contribution < 1.29 is 0 Å². The zero-order valence-corrected chi connectivity index (χ0v) is 15.9. The van der Waals surface area contributed by atoms with Gasteiger partial charge in [0.25, 0.3) is 13.1 Å². The minimum absolute atomic E-state index is 0.799. The van der Waals surface area contributed by atoms with Crippen molar-refractivity contribution >= 4 is 0 Å². The van der Waals surface area contributed by atoms with Gasteiger partial charge in [-0.05, 0) is 70.0 Å². The van der Waals surface area contributed by atoms with Crippen LogP contribution >= 0.6 is 0 Å². The average molecular weight is 340 g/mol. The summed E-state index contributed by atoms with van der Waals surface area (Å²) in [4.78, 5) is 3.74. The summed E-state index contributed by atoms with van der Waals surface area (Å²) in [5.74, 6) is 1.65. The van der Waals surface area contributed by atoms with Gasteiger partial charge >= 0.3 is 0 Å². The van der Waals surface area contributed by atoms with E-state index in [1.165, 1.54) is 57.8 Å². The molecule has 142 valence electrons. The first kappa shape index (κ1) is 23.4. The fourth-order valence-electron chi connectivity index (χ4n) is 3.59. The van der Waals surface area contributed by atoms with Crippen molar-refractivity contribution in [2.24, 2.45) is 29.0 Å². The third-order valence-corrected chi connectivity index (χ3v) is 5.07. The Kier molecular flexibility index (Phi) is 18.2. The van der Waals surface area contributed by atoms with E-state index in [0.717, 1.165) is 63.7 Å². The molecule has 0 amide bonds. The van der Waals surface area contributed by atoms with E-state index >= 15 is 0 Å². The molecule has 0 aromatic rings. The Labute approximate surface area is 150 Å². The molecule has 0 aromatic heterocycles. The molecule has 0 fully saturated rings. The number of unbranched alkanes of at least 4 members (excludes halogenated alkanes) is 2. The molecule has 24 heavy (non-hydrogen) atoms. The fourth-order valence-corrected chi connectivity index (χ4v) is 3.59. The average Bonchev–Trinajstić information content (AvgIpc) is 2.60. The second-order valence-corrected chi connectivity index (χ2v) is 7.21. The standard InChI is InChI=1S/C20H43N4/c1-24-18-8-14-19(11-4-5-15-21)9-2-3-10-20(12-6-16-22)13-7-17-23/h1,19-20H,2-18,21-23H2/q+1. The molecule has 4 nitrogen and oxygen atoms in total. The highest BCUT2D eigenvalue weighted by molar-refractivity contribution is 4.69. The van der Waals surface area contributed by atoms with Crippen LogP contribution in [0, 0.1) is 18.4 Å². The molecular formula is C20H43N4+. The number of nitrogens with two attached hydrogens (primary N) is 3. The second kappa shape index (κ2) is 18.7. The highest BCUT2D eigenvalue weighted by Gasteiger charge is 2.12. The summed E-state index contributed by atoms with van der Waals surface area (Å²) < 4.78 is 0. The maximum Gasteiger partial charge on any atom is 0.263 e. The van der Waals surface area contributed by atoms with Crippen molar-refractivity contribution in [2.75, 3.05) is 26.2 Å². The fraction of sp³-hybridized carbons (Fsp3) is 0.950. The molecule has 0 aliphatic heterocycles. The third kappa shape index (κ3) is 14.9. The molecule has 0 aliphatic carbocycles. The van der Waals surface area contributed by atoms with Crippen LogP contribution in [0.3, 0.4) is 0 Å². The first-order chi connectivity index (χ1) is 11.8. The van der Waals surface area contributed by atoms with Gasteiger partial charge in [0.2, 0.25) is 0 Å². The Morgan fingerprint density at radius 3 is 1.33 bits per heavy atom. The van der Waals surface area contributed by atoms with E-state index in [-0.39, 0.29) is 0 Å². The monoisotopic (exact) mass is 339 g/mol. The minimum Gasteiger partial charge on any atom is -0.330 e. The van der Waals surface area contributed by atoms with E-state index in [2.05, 4.69) is 4.85 Å². The molecule has 0 heterocycles. The summed E-state index contributed by atoms with van der Waals surface area (Å²) in [6.07, 6.45) is 16.3. The second-order valence-electron chi connectivity index (χ2n) is 7.21. The topological polar surface area (TPSA) is 82.4 Å². The van der Waals surface area contributed by atoms with Gasteiger partial charge in [0.05, 0.1) is 0 Å². The van der Waals surface area contributed by atoms with Crippen LogP contribution in [0.1, 0.15) is 83.5 Å². The molecule has 1 unspecified atom stereocenters. The van der Waals surface area contributed by atoms with Gasteiger partial charge in [0.1, 0.15) is 0 Å². The Hall–Kier alpha value is -0.630. The summed E-state index contributed by atoms with van der Waals surface area (Å²) in [5.41, 5.74) is 17.0. The maximum absolute atomic E-state index is 5.67. The molecule has 0 aliphatic rings. The number of rotatable bonds is 18. The lowest BCUT2D eigenvalue weighted by Gasteiger charge is -2.18. The summed E-state index contributed by atoms with van der Waals surface area (Å²) in [6.45, 7) is 8.50. The number of hydrogen-bond donors (Lipinski definition) is 3. The SMILES string of the molecule is C#[N+]CCCC(CCCCN)CCCCC(CCCN)CCCN. The first-order valence-electron chi connectivity index (χ1n) is 10.2. The molecule has 4 heteroatoms. The molecule has 1 atom stereocenters. The third-order valence-electron chi connectivity index (χ3n) is 5.07. The van der Waals surface area contributed by atoms with Gasteiger partial charge in [0, 0.05) is 6.42 Å². The largest absolute Gasteiger partial charge is 0.330 e. The number of hydrogen-bond acceptors (Lipinski definition) is 3. The highest BCUT2D eigenvalue weighted by Crippen LogP contribution is 2.25. The number of nitrogens with zero attached hydrogens (tertiary/aromatic N) is 1. The van der Waals surface area contributed by atoms with Crippen molar-refractivity contribution in [2.45, 2.75) is 83.5 Å². The van der Waals surface area contributed by atoms with Crippen molar-refractivity contribution in [1.82, 2.24) is 0 Å². The summed E-state index contributed by atoms with van der Waals surface area (Å²) in [6, 6.07) is 0. The van der Waals surface area contributed by atoms with Gasteiger partial charge in [-0.3, -0.25) is 0 Å². The molecule has 0 bridgehead atoms. The lowest BCUT2D eigenvalue weighted by molar-refractivity contribution is 0.351. The predicted octanol–water partition coefficient (Wildman–Crippen LogP) is 4.13. The van der Waals surface area contributed by atoms with Gasteiger partial charge in [0.15, 0.2) is 0 Å². The van der Waals surface area contributed by atoms with Crippen LogP contribution in [0.15, 0.2) is 0 Å². The quantitative estimate of drug-likeness (QED) is 0.328. The molecule has 0 spiro atoms. The van der Waals surface area contributed by atoms with Gasteiger partial charge in [-0.15, -0.1) is 0 Å². The van der Waals surface area contributed by atoms with E-state index in [9.17, 15) is 0 Å². The summed E-state index contributed by atoms with van der Waals surface area (Å²) >= 11 is 0. The van der Waals surface area contributed by atoms with Crippen molar-refractivity contribution in [3.05, 3.63) is 4.85 Å². The van der Waals surface area contributed by atoms with Crippen LogP contribution in [0.4, 0.5) is 0 Å². The van der Waals surface area contributed by atoms with Crippen LogP contribution in [0.25, 0.3) is 4.85 Å². The molecule has 0 saturated heterocycles. The molecule has 0 saturated carbocycles. The summed E-state index contributed by atoms with van der Waals surface area (Å²) in [5, 5.41) is 0. The van der Waals surface area contributed by atoms with Crippen molar-refractivity contribution in [3.63, 3.8) is 0 Å². The van der Waals surface area contributed by atoms with Gasteiger partial charge in [-0.25, -0.2) is 0 Å². The molecule has 6 N–H and O–H groups in total. The van der Waals surface area contributed by atoms with Crippen LogP contribution < -0.4 is 17.2 Å². The highest BCUT2D eigenvalue weighted by atomic mass is 14.6. The van der Waals surface area contributed by atoms with Gasteiger partial charge in [-0.1, -0.05) is 43.4 Å². The zero-order valence-electron chi connectivity index (χ0n) is 15.9. The van der Waals surface area contributed by atoms with Crippen molar-refractivity contribution in [1.29, 1.82) is 0 Å². The minimum atomic E-state index is 0.799. The normalized spacial score (nSPS) is 12.5. The zero-order chi connectivity index (χ0) is 17.9. The Bertz CT molecular complexity index is 280. The van der Waals surface area contributed by atoms with E-state index < -0.39 is 0 Å².